The number of aromatic carboxylic acids is 1. The van der Waals surface area contributed by atoms with E-state index in [9.17, 15) is 9.90 Å². The van der Waals surface area contributed by atoms with Gasteiger partial charge in [-0.25, -0.2) is 0 Å². The number of hydrogen-bond donors (Lipinski definition) is 1. The maximum absolute atomic E-state index is 10.3. The number of hydrogen-bond acceptors (Lipinski definition) is 3. The van der Waals surface area contributed by atoms with E-state index in [1.807, 2.05) is 18.2 Å². The Morgan fingerprint density at radius 1 is 0.750 bits per heavy atom. The number of aryl methyl sites for hydroxylation is 2. The van der Waals surface area contributed by atoms with Crippen LogP contribution in [0.4, 0.5) is 5.69 Å². The number of para-hydroxylation sites is 1. The molecule has 3 rings (SSSR count). The zero-order valence-electron chi connectivity index (χ0n) is 20.7. The molecule has 0 unspecified atom stereocenters. The van der Waals surface area contributed by atoms with Crippen LogP contribution in [-0.4, -0.2) is 5.97 Å². The van der Waals surface area contributed by atoms with Crippen LogP contribution in [0.2, 0.25) is 0 Å². The van der Waals surface area contributed by atoms with Gasteiger partial charge < -0.3 is 15.6 Å². The molecule has 0 heterocycles. The highest BCUT2D eigenvalue weighted by Gasteiger charge is 2.09. The second kappa shape index (κ2) is 15.6. The van der Waals surface area contributed by atoms with Crippen molar-refractivity contribution < 1.29 is 9.90 Å². The lowest BCUT2D eigenvalue weighted by atomic mass is 9.93. The second-order valence-electron chi connectivity index (χ2n) is 7.92. The number of carboxylic acid groups (broad SMARTS) is 1. The van der Waals surface area contributed by atoms with E-state index >= 15 is 0 Å². The van der Waals surface area contributed by atoms with Gasteiger partial charge in [-0.05, 0) is 42.4 Å². The number of rotatable bonds is 3. The summed E-state index contributed by atoms with van der Waals surface area (Å²) >= 11 is 0. The topological polar surface area (TPSA) is 66.2 Å². The average Bonchev–Trinajstić information content (AvgIpc) is 2.76. The fourth-order valence-corrected chi connectivity index (χ4v) is 2.94. The average molecular weight is 434 g/mol. The van der Waals surface area contributed by atoms with Crippen molar-refractivity contribution in [1.82, 2.24) is 0 Å². The van der Waals surface area contributed by atoms with E-state index in [4.69, 9.17) is 5.73 Å². The minimum atomic E-state index is -1.11. The van der Waals surface area contributed by atoms with E-state index in [1.54, 1.807) is 32.0 Å². The molecular formula is C29H39NO2. The quantitative estimate of drug-likeness (QED) is 0.369. The van der Waals surface area contributed by atoms with Crippen LogP contribution in [-0.2, 0) is 0 Å². The van der Waals surface area contributed by atoms with Crippen molar-refractivity contribution in [3.05, 3.63) is 108 Å². The molecule has 0 radical (unpaired) electrons. The Bertz CT molecular complexity index is 889. The van der Waals surface area contributed by atoms with Crippen LogP contribution in [0.15, 0.2) is 72.8 Å². The predicted octanol–water partition coefficient (Wildman–Crippen LogP) is 6.71. The molecule has 172 valence electrons. The monoisotopic (exact) mass is 433 g/mol. The predicted molar refractivity (Wildman–Crippen MR) is 137 cm³/mol. The molecule has 0 spiro atoms. The summed E-state index contributed by atoms with van der Waals surface area (Å²) in [6, 6.07) is 23.3. The van der Waals surface area contributed by atoms with Crippen molar-refractivity contribution in [3.8, 4) is 0 Å². The summed E-state index contributed by atoms with van der Waals surface area (Å²) in [5.41, 5.74) is 11.9. The van der Waals surface area contributed by atoms with Gasteiger partial charge >= 0.3 is 0 Å². The summed E-state index contributed by atoms with van der Waals surface area (Å²) in [6.07, 6.45) is 0. The number of carbonyl (C=O) groups excluding carboxylic acids is 1. The summed E-state index contributed by atoms with van der Waals surface area (Å²) in [6.45, 7) is 17.5. The summed E-state index contributed by atoms with van der Waals surface area (Å²) in [4.78, 5) is 10.3. The summed E-state index contributed by atoms with van der Waals surface area (Å²) in [5, 5.41) is 10.3. The van der Waals surface area contributed by atoms with E-state index in [1.165, 1.54) is 22.8 Å². The first-order valence-electron chi connectivity index (χ1n) is 11.0. The van der Waals surface area contributed by atoms with E-state index in [-0.39, 0.29) is 5.56 Å². The van der Waals surface area contributed by atoms with Crippen LogP contribution >= 0.6 is 0 Å². The van der Waals surface area contributed by atoms with Gasteiger partial charge in [0.2, 0.25) is 0 Å². The third-order valence-corrected chi connectivity index (χ3v) is 4.72. The Balaban J connectivity index is 0.000000450. The van der Waals surface area contributed by atoms with Gasteiger partial charge in [0.25, 0.3) is 0 Å². The van der Waals surface area contributed by atoms with Crippen molar-refractivity contribution in [2.24, 2.45) is 0 Å². The van der Waals surface area contributed by atoms with E-state index in [0.29, 0.717) is 11.8 Å². The molecular weight excluding hydrogens is 394 g/mol. The normalized spacial score (nSPS) is 9.53. The molecule has 32 heavy (non-hydrogen) atoms. The maximum atomic E-state index is 10.3. The lowest BCUT2D eigenvalue weighted by Crippen LogP contribution is -2.23. The number of anilines is 1. The highest BCUT2D eigenvalue weighted by atomic mass is 16.4. The molecule has 0 saturated heterocycles. The molecule has 0 aliphatic carbocycles. The molecule has 0 fully saturated rings. The highest BCUT2D eigenvalue weighted by molar-refractivity contribution is 5.87. The molecule has 0 saturated carbocycles. The fourth-order valence-electron chi connectivity index (χ4n) is 2.94. The van der Waals surface area contributed by atoms with Crippen molar-refractivity contribution in [2.75, 3.05) is 5.73 Å². The molecule has 0 aliphatic heterocycles. The first-order valence-corrected chi connectivity index (χ1v) is 11.0. The molecule has 0 aromatic heterocycles. The van der Waals surface area contributed by atoms with Gasteiger partial charge in [0.05, 0.1) is 19.8 Å². The SMILES string of the molecule is CC(C)c1cccc(C(C)C)c1N.Cc1ccccc1.Cc1ccccc1C(=O)[O-].[CH2+]C. The van der Waals surface area contributed by atoms with Crippen LogP contribution in [0.1, 0.15) is 79.1 Å². The molecule has 0 atom stereocenters. The van der Waals surface area contributed by atoms with Gasteiger partial charge in [-0.2, -0.15) is 0 Å². The van der Waals surface area contributed by atoms with Gasteiger partial charge in [0, 0.05) is 11.3 Å². The molecule has 3 heteroatoms. The minimum absolute atomic E-state index is 0.266. The summed E-state index contributed by atoms with van der Waals surface area (Å²) in [5.74, 6) is -0.0875. The van der Waals surface area contributed by atoms with E-state index in [2.05, 4.69) is 71.9 Å². The maximum Gasteiger partial charge on any atom is 0.0746 e. The molecule has 3 aromatic rings. The first-order chi connectivity index (χ1) is 15.1. The smallest absolute Gasteiger partial charge is 0.0746 e. The van der Waals surface area contributed by atoms with Crippen LogP contribution in [0, 0.1) is 20.8 Å². The van der Waals surface area contributed by atoms with E-state index in [0.717, 1.165) is 11.3 Å². The Kier molecular flexibility index (Phi) is 14.0. The van der Waals surface area contributed by atoms with Gasteiger partial charge in [0.1, 0.15) is 0 Å². The van der Waals surface area contributed by atoms with Crippen LogP contribution in [0.5, 0.6) is 0 Å². The van der Waals surface area contributed by atoms with Gasteiger partial charge in [-0.15, -0.1) is 0 Å². The number of nitrogen functional groups attached to an aromatic ring is 1. The third-order valence-electron chi connectivity index (χ3n) is 4.72. The van der Waals surface area contributed by atoms with Crippen molar-refractivity contribution >= 4 is 11.7 Å². The number of carboxylic acids is 1. The van der Waals surface area contributed by atoms with Crippen LogP contribution in [0.25, 0.3) is 0 Å². The minimum Gasteiger partial charge on any atom is -0.545 e. The highest BCUT2D eigenvalue weighted by Crippen LogP contribution is 2.29. The summed E-state index contributed by atoms with van der Waals surface area (Å²) < 4.78 is 0. The molecule has 2 N–H and O–H groups in total. The van der Waals surface area contributed by atoms with Gasteiger partial charge in [-0.1, -0.05) is 106 Å². The second-order valence-corrected chi connectivity index (χ2v) is 7.92. The molecule has 3 nitrogen and oxygen atoms in total. The number of benzene rings is 3. The van der Waals surface area contributed by atoms with Crippen LogP contribution < -0.4 is 10.8 Å². The van der Waals surface area contributed by atoms with Crippen molar-refractivity contribution in [1.29, 1.82) is 0 Å². The largest absolute Gasteiger partial charge is 0.545 e. The van der Waals surface area contributed by atoms with Gasteiger partial charge in [-0.3, -0.25) is 0 Å². The lowest BCUT2D eigenvalue weighted by molar-refractivity contribution is -0.255. The zero-order valence-corrected chi connectivity index (χ0v) is 20.7. The molecule has 0 amide bonds. The van der Waals surface area contributed by atoms with E-state index < -0.39 is 5.97 Å². The Morgan fingerprint density at radius 3 is 1.50 bits per heavy atom. The van der Waals surface area contributed by atoms with Gasteiger partial charge in [0.15, 0.2) is 0 Å². The fraction of sp³-hybridized carbons (Fsp3) is 0.310. The number of carbonyl (C=O) groups is 1. The Labute approximate surface area is 195 Å². The Morgan fingerprint density at radius 2 is 1.19 bits per heavy atom. The van der Waals surface area contributed by atoms with Crippen molar-refractivity contribution in [2.45, 2.75) is 60.3 Å². The van der Waals surface area contributed by atoms with Crippen LogP contribution in [0.3, 0.4) is 0 Å². The zero-order chi connectivity index (χ0) is 24.7. The Hall–Kier alpha value is -3.20. The third kappa shape index (κ3) is 10.2. The lowest BCUT2D eigenvalue weighted by Gasteiger charge is -2.15. The molecule has 3 aromatic carbocycles. The molecule has 0 aliphatic rings. The number of nitrogens with two attached hydrogens (primary N) is 1. The standard InChI is InChI=1S/C12H19N.C8H8O2.C7H8.C2H5/c1-8(2)10-6-5-7-11(9(3)4)12(10)13;1-6-4-2-3-5-7(6)8(9)10;1-7-5-3-2-4-6-7;1-2/h5-9H,13H2,1-4H3;2-5H,1H3,(H,9,10);2-6H,1H3;1H2,2H3/q;;;+1/p-1. The van der Waals surface area contributed by atoms with Crippen molar-refractivity contribution in [3.63, 3.8) is 0 Å². The summed E-state index contributed by atoms with van der Waals surface area (Å²) in [7, 11) is 0. The molecule has 0 bridgehead atoms. The first kappa shape index (κ1) is 28.8.